The minimum Gasteiger partial charge on any atom is -0.504 e. The van der Waals surface area contributed by atoms with E-state index in [-0.39, 0.29) is 5.75 Å². The Kier molecular flexibility index (Phi) is 6.84. The molecule has 0 radical (unpaired) electrons. The van der Waals surface area contributed by atoms with E-state index in [0.29, 0.717) is 23.5 Å². The lowest BCUT2D eigenvalue weighted by molar-refractivity contribution is -0.137. The number of nitrogens with one attached hydrogen (secondary N) is 2. The molecule has 0 spiro atoms. The van der Waals surface area contributed by atoms with Gasteiger partial charge >= 0.3 is 6.18 Å². The summed E-state index contributed by atoms with van der Waals surface area (Å²) in [6.07, 6.45) is -1.99. The standard InChI is InChI=1S/C27H27F3N2O2/c1-3-17-8-10-18(11-9-17)22-16-23(21-6-5-7-24(25(21)33)34-4-2)32-26(31-22)19-12-14-20(15-13-19)27(28,29)30/h5-16,23,26,31-33H,3-4H2,1-2H3. The van der Waals surface area contributed by atoms with Crippen LogP contribution >= 0.6 is 0 Å². The van der Waals surface area contributed by atoms with Crippen molar-refractivity contribution in [2.45, 2.75) is 38.7 Å². The van der Waals surface area contributed by atoms with Crippen LogP contribution in [0.25, 0.3) is 5.70 Å². The molecule has 178 valence electrons. The number of aromatic hydroxyl groups is 1. The first-order chi connectivity index (χ1) is 16.3. The van der Waals surface area contributed by atoms with Crippen molar-refractivity contribution in [3.05, 3.63) is 101 Å². The van der Waals surface area contributed by atoms with E-state index >= 15 is 0 Å². The summed E-state index contributed by atoms with van der Waals surface area (Å²) >= 11 is 0. The van der Waals surface area contributed by atoms with Crippen molar-refractivity contribution in [3.8, 4) is 11.5 Å². The molecular weight excluding hydrogens is 441 g/mol. The lowest BCUT2D eigenvalue weighted by Crippen LogP contribution is -2.39. The molecule has 34 heavy (non-hydrogen) atoms. The summed E-state index contributed by atoms with van der Waals surface area (Å²) in [6, 6.07) is 18.1. The van der Waals surface area contributed by atoms with Crippen LogP contribution in [0.1, 0.15) is 53.9 Å². The summed E-state index contributed by atoms with van der Waals surface area (Å²) in [4.78, 5) is 0. The van der Waals surface area contributed by atoms with E-state index in [2.05, 4.69) is 29.7 Å². The van der Waals surface area contributed by atoms with Crippen molar-refractivity contribution in [1.29, 1.82) is 0 Å². The van der Waals surface area contributed by atoms with Crippen molar-refractivity contribution >= 4 is 5.70 Å². The van der Waals surface area contributed by atoms with E-state index in [0.717, 1.165) is 29.8 Å². The van der Waals surface area contributed by atoms with Crippen LogP contribution in [-0.2, 0) is 12.6 Å². The largest absolute Gasteiger partial charge is 0.504 e. The Labute approximate surface area is 197 Å². The predicted molar refractivity (Wildman–Crippen MR) is 126 cm³/mol. The van der Waals surface area contributed by atoms with Crippen molar-refractivity contribution in [1.82, 2.24) is 10.6 Å². The van der Waals surface area contributed by atoms with E-state index < -0.39 is 23.9 Å². The molecule has 0 saturated carbocycles. The topological polar surface area (TPSA) is 53.5 Å². The van der Waals surface area contributed by atoms with Crippen LogP contribution in [0.2, 0.25) is 0 Å². The van der Waals surface area contributed by atoms with Crippen LogP contribution < -0.4 is 15.4 Å². The molecule has 0 aromatic heterocycles. The number of benzene rings is 3. The van der Waals surface area contributed by atoms with Gasteiger partial charge in [0.15, 0.2) is 11.5 Å². The lowest BCUT2D eigenvalue weighted by atomic mass is 9.96. The Bertz CT molecular complexity index is 1160. The Morgan fingerprint density at radius 3 is 2.26 bits per heavy atom. The van der Waals surface area contributed by atoms with Crippen molar-refractivity contribution in [2.75, 3.05) is 6.61 Å². The summed E-state index contributed by atoms with van der Waals surface area (Å²) in [5, 5.41) is 17.6. The van der Waals surface area contributed by atoms with Crippen LogP contribution in [0.4, 0.5) is 13.2 Å². The van der Waals surface area contributed by atoms with Gasteiger partial charge in [0.1, 0.15) is 6.17 Å². The van der Waals surface area contributed by atoms with Gasteiger partial charge in [-0.1, -0.05) is 55.5 Å². The normalized spacial score (nSPS) is 18.2. The molecule has 2 unspecified atom stereocenters. The van der Waals surface area contributed by atoms with Gasteiger partial charge in [-0.3, -0.25) is 5.32 Å². The Balaban J connectivity index is 1.73. The van der Waals surface area contributed by atoms with Gasteiger partial charge in [-0.05, 0) is 54.3 Å². The smallest absolute Gasteiger partial charge is 0.416 e. The van der Waals surface area contributed by atoms with Crippen LogP contribution in [-0.4, -0.2) is 11.7 Å². The van der Waals surface area contributed by atoms with E-state index in [1.165, 1.54) is 17.7 Å². The molecule has 4 rings (SSSR count). The molecule has 1 heterocycles. The number of phenolic OH excluding ortho intramolecular Hbond substituents is 1. The molecule has 3 aromatic carbocycles. The average molecular weight is 469 g/mol. The summed E-state index contributed by atoms with van der Waals surface area (Å²) in [5.41, 5.74) is 3.53. The molecule has 0 aliphatic carbocycles. The van der Waals surface area contributed by atoms with Gasteiger partial charge in [-0.15, -0.1) is 0 Å². The monoisotopic (exact) mass is 468 g/mol. The second kappa shape index (κ2) is 9.81. The van der Waals surface area contributed by atoms with Crippen LogP contribution in [0.5, 0.6) is 11.5 Å². The van der Waals surface area contributed by atoms with E-state index in [1.54, 1.807) is 18.2 Å². The fraction of sp³-hybridized carbons (Fsp3) is 0.259. The third kappa shape index (κ3) is 5.04. The Hall–Kier alpha value is -3.45. The van der Waals surface area contributed by atoms with Crippen molar-refractivity contribution < 1.29 is 23.0 Å². The minimum atomic E-state index is -4.40. The highest BCUT2D eigenvalue weighted by atomic mass is 19.4. The summed E-state index contributed by atoms with van der Waals surface area (Å²) < 4.78 is 44.7. The first-order valence-corrected chi connectivity index (χ1v) is 11.3. The van der Waals surface area contributed by atoms with Crippen LogP contribution in [0.3, 0.4) is 0 Å². The molecule has 3 aromatic rings. The van der Waals surface area contributed by atoms with Gasteiger partial charge in [0, 0.05) is 11.3 Å². The SMILES string of the molecule is CCOc1cccc(C2C=C(c3ccc(CC)cc3)NC(c3ccc(C(F)(F)F)cc3)N2)c1O. The zero-order valence-electron chi connectivity index (χ0n) is 19.0. The van der Waals surface area contributed by atoms with Crippen molar-refractivity contribution in [2.24, 2.45) is 0 Å². The fourth-order valence-electron chi connectivity index (χ4n) is 4.03. The Morgan fingerprint density at radius 1 is 0.941 bits per heavy atom. The summed E-state index contributed by atoms with van der Waals surface area (Å²) in [7, 11) is 0. The second-order valence-electron chi connectivity index (χ2n) is 8.10. The molecule has 7 heteroatoms. The van der Waals surface area contributed by atoms with Gasteiger partial charge < -0.3 is 15.2 Å². The van der Waals surface area contributed by atoms with Gasteiger partial charge in [-0.25, -0.2) is 0 Å². The molecule has 0 fully saturated rings. The fourth-order valence-corrected chi connectivity index (χ4v) is 4.03. The highest BCUT2D eigenvalue weighted by molar-refractivity contribution is 5.67. The summed E-state index contributed by atoms with van der Waals surface area (Å²) in [5.74, 6) is 0.417. The Morgan fingerprint density at radius 2 is 1.65 bits per heavy atom. The molecule has 0 bridgehead atoms. The third-order valence-electron chi connectivity index (χ3n) is 5.89. The number of para-hydroxylation sites is 1. The quantitative estimate of drug-likeness (QED) is 0.395. The van der Waals surface area contributed by atoms with E-state index in [9.17, 15) is 18.3 Å². The van der Waals surface area contributed by atoms with E-state index in [4.69, 9.17) is 4.74 Å². The highest BCUT2D eigenvalue weighted by Gasteiger charge is 2.31. The number of hydrogen-bond acceptors (Lipinski definition) is 4. The molecular formula is C27H27F3N2O2. The molecule has 1 aliphatic rings. The number of phenols is 1. The van der Waals surface area contributed by atoms with Crippen LogP contribution in [0.15, 0.2) is 72.8 Å². The zero-order chi connectivity index (χ0) is 24.3. The van der Waals surface area contributed by atoms with E-state index in [1.807, 2.05) is 25.1 Å². The van der Waals surface area contributed by atoms with Gasteiger partial charge in [-0.2, -0.15) is 13.2 Å². The summed E-state index contributed by atoms with van der Waals surface area (Å²) in [6.45, 7) is 4.34. The van der Waals surface area contributed by atoms with Crippen molar-refractivity contribution in [3.63, 3.8) is 0 Å². The molecule has 1 aliphatic heterocycles. The zero-order valence-corrected chi connectivity index (χ0v) is 19.0. The highest BCUT2D eigenvalue weighted by Crippen LogP contribution is 2.38. The minimum absolute atomic E-state index is 0.0341. The first-order valence-electron chi connectivity index (χ1n) is 11.3. The maximum atomic E-state index is 13.1. The van der Waals surface area contributed by atoms with Gasteiger partial charge in [0.2, 0.25) is 0 Å². The maximum Gasteiger partial charge on any atom is 0.416 e. The van der Waals surface area contributed by atoms with Gasteiger partial charge in [0.25, 0.3) is 0 Å². The maximum absolute atomic E-state index is 13.1. The number of aryl methyl sites for hydroxylation is 1. The number of rotatable bonds is 6. The third-order valence-corrected chi connectivity index (χ3v) is 5.89. The molecule has 0 saturated heterocycles. The molecule has 2 atom stereocenters. The number of alkyl halides is 3. The lowest BCUT2D eigenvalue weighted by Gasteiger charge is -2.33. The van der Waals surface area contributed by atoms with Gasteiger partial charge in [0.05, 0.1) is 18.2 Å². The number of ether oxygens (including phenoxy) is 1. The number of hydrogen-bond donors (Lipinski definition) is 3. The second-order valence-corrected chi connectivity index (χ2v) is 8.10. The first kappa shape index (κ1) is 23.7. The average Bonchev–Trinajstić information content (AvgIpc) is 2.85. The molecule has 0 amide bonds. The molecule has 3 N–H and O–H groups in total. The predicted octanol–water partition coefficient (Wildman–Crippen LogP) is 6.35. The molecule has 4 nitrogen and oxygen atoms in total. The van der Waals surface area contributed by atoms with Crippen LogP contribution in [0, 0.1) is 0 Å². The number of halogens is 3.